The van der Waals surface area contributed by atoms with E-state index in [0.717, 1.165) is 25.8 Å². The van der Waals surface area contributed by atoms with Gasteiger partial charge in [0.05, 0.1) is 6.04 Å². The van der Waals surface area contributed by atoms with Gasteiger partial charge in [-0.1, -0.05) is 6.42 Å². The molecule has 4 N–H and O–H groups in total. The Labute approximate surface area is 129 Å². The average molecular weight is 314 g/mol. The summed E-state index contributed by atoms with van der Waals surface area (Å²) in [6.07, 6.45) is 3.06. The van der Waals surface area contributed by atoms with E-state index in [-0.39, 0.29) is 31.0 Å². The van der Waals surface area contributed by atoms with Crippen molar-refractivity contribution >= 4 is 29.9 Å². The Morgan fingerprint density at radius 2 is 2.00 bits per heavy atom. The van der Waals surface area contributed by atoms with E-state index in [1.165, 1.54) is 0 Å². The monoisotopic (exact) mass is 313 g/mol. The molecule has 21 heavy (non-hydrogen) atoms. The molecule has 6 nitrogen and oxygen atoms in total. The van der Waals surface area contributed by atoms with E-state index < -0.39 is 5.91 Å². The Bertz CT molecular complexity index is 473. The van der Waals surface area contributed by atoms with Gasteiger partial charge in [0.25, 0.3) is 5.91 Å². The van der Waals surface area contributed by atoms with Gasteiger partial charge in [-0.05, 0) is 43.7 Å². The fraction of sp³-hybridized carbons (Fsp3) is 0.429. The normalized spacial score (nSPS) is 17.4. The van der Waals surface area contributed by atoms with Crippen molar-refractivity contribution in [2.24, 2.45) is 5.73 Å². The number of nitrogens with one attached hydrogen (secondary N) is 2. The van der Waals surface area contributed by atoms with Crippen molar-refractivity contribution in [3.8, 4) is 5.75 Å². The lowest BCUT2D eigenvalue weighted by Crippen LogP contribution is -2.43. The first-order valence-corrected chi connectivity index (χ1v) is 6.70. The van der Waals surface area contributed by atoms with Gasteiger partial charge < -0.3 is 21.1 Å². The Hall–Kier alpha value is -1.79. The van der Waals surface area contributed by atoms with Crippen LogP contribution in [0.4, 0.5) is 5.69 Å². The number of anilines is 1. The third kappa shape index (κ3) is 5.61. The number of halogens is 1. The summed E-state index contributed by atoms with van der Waals surface area (Å²) in [5.74, 6) is -0.00107. The first kappa shape index (κ1) is 17.3. The minimum absolute atomic E-state index is 0. The lowest BCUT2D eigenvalue weighted by Gasteiger charge is -2.22. The number of carbonyl (C=O) groups is 2. The van der Waals surface area contributed by atoms with Gasteiger partial charge in [-0.15, -0.1) is 12.4 Å². The van der Waals surface area contributed by atoms with Gasteiger partial charge in [-0.25, -0.2) is 0 Å². The quantitative estimate of drug-likeness (QED) is 0.757. The molecule has 7 heteroatoms. The molecule has 1 aliphatic heterocycles. The molecule has 0 aromatic heterocycles. The third-order valence-corrected chi connectivity index (χ3v) is 3.13. The van der Waals surface area contributed by atoms with E-state index in [4.69, 9.17) is 10.5 Å². The Balaban J connectivity index is 0.00000220. The molecule has 0 aliphatic carbocycles. The molecule has 1 fully saturated rings. The fourth-order valence-corrected chi connectivity index (χ4v) is 2.09. The summed E-state index contributed by atoms with van der Waals surface area (Å²) in [5, 5.41) is 6.05. The number of ether oxygens (including phenoxy) is 1. The molecule has 1 atom stereocenters. The summed E-state index contributed by atoms with van der Waals surface area (Å²) in [6, 6.07) is 6.72. The van der Waals surface area contributed by atoms with Crippen molar-refractivity contribution in [2.45, 2.75) is 25.3 Å². The van der Waals surface area contributed by atoms with Gasteiger partial charge in [0.15, 0.2) is 6.61 Å². The Morgan fingerprint density at radius 3 is 2.57 bits per heavy atom. The number of hydrogen-bond acceptors (Lipinski definition) is 4. The molecule has 1 heterocycles. The number of nitrogens with two attached hydrogens (primary N) is 1. The van der Waals surface area contributed by atoms with Crippen LogP contribution in [0.1, 0.15) is 19.3 Å². The van der Waals surface area contributed by atoms with Gasteiger partial charge in [-0.2, -0.15) is 0 Å². The summed E-state index contributed by atoms with van der Waals surface area (Å²) in [4.78, 5) is 22.6. The fourth-order valence-electron chi connectivity index (χ4n) is 2.09. The summed E-state index contributed by atoms with van der Waals surface area (Å²) >= 11 is 0. The predicted octanol–water partition coefficient (Wildman–Crippen LogP) is 1.05. The zero-order chi connectivity index (χ0) is 14.4. The molecule has 0 spiro atoms. The zero-order valence-corrected chi connectivity index (χ0v) is 12.4. The van der Waals surface area contributed by atoms with Crippen LogP contribution in [-0.2, 0) is 9.59 Å². The molecule has 116 valence electrons. The van der Waals surface area contributed by atoms with Crippen LogP contribution in [-0.4, -0.2) is 31.0 Å². The van der Waals surface area contributed by atoms with Crippen molar-refractivity contribution in [1.82, 2.24) is 5.32 Å². The van der Waals surface area contributed by atoms with Crippen LogP contribution in [0.5, 0.6) is 5.75 Å². The maximum atomic E-state index is 12.0. The second-order valence-corrected chi connectivity index (χ2v) is 4.77. The molecule has 1 saturated heterocycles. The van der Waals surface area contributed by atoms with Crippen LogP contribution in [0.15, 0.2) is 24.3 Å². The highest BCUT2D eigenvalue weighted by Gasteiger charge is 2.20. The van der Waals surface area contributed by atoms with Crippen LogP contribution in [0, 0.1) is 0 Å². The van der Waals surface area contributed by atoms with Gasteiger partial charge in [-0.3, -0.25) is 9.59 Å². The smallest absolute Gasteiger partial charge is 0.255 e. The topological polar surface area (TPSA) is 93.5 Å². The summed E-state index contributed by atoms with van der Waals surface area (Å²) in [6.45, 7) is 0.732. The van der Waals surface area contributed by atoms with Crippen LogP contribution >= 0.6 is 12.4 Å². The van der Waals surface area contributed by atoms with Gasteiger partial charge in [0, 0.05) is 5.69 Å². The van der Waals surface area contributed by atoms with Crippen molar-refractivity contribution < 1.29 is 14.3 Å². The first-order valence-electron chi connectivity index (χ1n) is 6.70. The van der Waals surface area contributed by atoms with Crippen LogP contribution in [0.25, 0.3) is 0 Å². The summed E-state index contributed by atoms with van der Waals surface area (Å²) in [5.41, 5.74) is 5.69. The van der Waals surface area contributed by atoms with E-state index in [1.807, 2.05) is 0 Å². The van der Waals surface area contributed by atoms with Crippen molar-refractivity contribution in [3.05, 3.63) is 24.3 Å². The number of rotatable bonds is 5. The Morgan fingerprint density at radius 1 is 1.29 bits per heavy atom. The number of benzene rings is 1. The third-order valence-electron chi connectivity index (χ3n) is 3.13. The van der Waals surface area contributed by atoms with Crippen LogP contribution in [0.2, 0.25) is 0 Å². The molecule has 1 aromatic rings. The molecule has 1 aliphatic rings. The molecule has 0 bridgehead atoms. The predicted molar refractivity (Wildman–Crippen MR) is 82.7 cm³/mol. The SMILES string of the molecule is Cl.NC(=O)COc1ccc(NC(=O)[C@@H]2CCCCN2)cc1. The highest BCUT2D eigenvalue weighted by Crippen LogP contribution is 2.16. The van der Waals surface area contributed by atoms with Gasteiger partial charge >= 0.3 is 0 Å². The summed E-state index contributed by atoms with van der Waals surface area (Å²) < 4.78 is 5.14. The maximum absolute atomic E-state index is 12.0. The van der Waals surface area contributed by atoms with E-state index in [0.29, 0.717) is 11.4 Å². The van der Waals surface area contributed by atoms with Crippen LogP contribution < -0.4 is 21.1 Å². The largest absolute Gasteiger partial charge is 0.484 e. The molecule has 2 rings (SSSR count). The minimum atomic E-state index is -0.522. The van der Waals surface area contributed by atoms with E-state index in [9.17, 15) is 9.59 Å². The van der Waals surface area contributed by atoms with Crippen LogP contribution in [0.3, 0.4) is 0 Å². The molecule has 2 amide bonds. The Kier molecular flexibility index (Phi) is 6.98. The molecule has 0 saturated carbocycles. The van der Waals surface area contributed by atoms with Crippen molar-refractivity contribution in [2.75, 3.05) is 18.5 Å². The lowest BCUT2D eigenvalue weighted by molar-refractivity contribution is -0.120. The standard InChI is InChI=1S/C14H19N3O3.ClH/c15-13(18)9-20-11-6-4-10(5-7-11)17-14(19)12-3-1-2-8-16-12;/h4-7,12,16H,1-3,8-9H2,(H2,15,18)(H,17,19);1H/t12-;/m0./s1. The second kappa shape index (κ2) is 8.49. The zero-order valence-electron chi connectivity index (χ0n) is 11.6. The van der Waals surface area contributed by atoms with Gasteiger partial charge in [0.1, 0.15) is 5.75 Å². The van der Waals surface area contributed by atoms with E-state index >= 15 is 0 Å². The number of carbonyl (C=O) groups excluding carboxylic acids is 2. The van der Waals surface area contributed by atoms with Crippen molar-refractivity contribution in [3.63, 3.8) is 0 Å². The summed E-state index contributed by atoms with van der Waals surface area (Å²) in [7, 11) is 0. The lowest BCUT2D eigenvalue weighted by atomic mass is 10.0. The highest BCUT2D eigenvalue weighted by atomic mass is 35.5. The highest BCUT2D eigenvalue weighted by molar-refractivity contribution is 5.94. The number of primary amides is 1. The molecule has 1 aromatic carbocycles. The molecular weight excluding hydrogens is 294 g/mol. The number of hydrogen-bond donors (Lipinski definition) is 3. The maximum Gasteiger partial charge on any atom is 0.255 e. The number of piperidine rings is 1. The number of amides is 2. The molecule has 0 radical (unpaired) electrons. The molecular formula is C14H20ClN3O3. The first-order chi connectivity index (χ1) is 9.65. The van der Waals surface area contributed by atoms with E-state index in [2.05, 4.69) is 10.6 Å². The van der Waals surface area contributed by atoms with E-state index in [1.54, 1.807) is 24.3 Å². The molecule has 0 unspecified atom stereocenters. The average Bonchev–Trinajstić information content (AvgIpc) is 2.47. The second-order valence-electron chi connectivity index (χ2n) is 4.77. The van der Waals surface area contributed by atoms with Gasteiger partial charge in [0.2, 0.25) is 5.91 Å². The minimum Gasteiger partial charge on any atom is -0.484 e. The van der Waals surface area contributed by atoms with Crippen molar-refractivity contribution in [1.29, 1.82) is 0 Å².